The van der Waals surface area contributed by atoms with E-state index in [1.165, 1.54) is 7.11 Å². The van der Waals surface area contributed by atoms with Crippen molar-refractivity contribution in [3.05, 3.63) is 29.6 Å². The van der Waals surface area contributed by atoms with Gasteiger partial charge in [0.15, 0.2) is 0 Å². The van der Waals surface area contributed by atoms with Gasteiger partial charge in [0, 0.05) is 11.8 Å². The van der Waals surface area contributed by atoms with E-state index >= 15 is 0 Å². The highest BCUT2D eigenvalue weighted by molar-refractivity contribution is 5.86. The average Bonchev–Trinajstić information content (AvgIpc) is 2.95. The van der Waals surface area contributed by atoms with Gasteiger partial charge < -0.3 is 9.47 Å². The third-order valence-electron chi connectivity index (χ3n) is 2.22. The molecule has 0 aromatic carbocycles. The molecule has 2 rings (SSSR count). The summed E-state index contributed by atoms with van der Waals surface area (Å²) in [5, 5.41) is 0. The summed E-state index contributed by atoms with van der Waals surface area (Å²) < 4.78 is 9.81. The number of rotatable bonds is 2. The summed E-state index contributed by atoms with van der Waals surface area (Å²) >= 11 is 0. The second-order valence-electron chi connectivity index (χ2n) is 3.23. The maximum absolute atomic E-state index is 11.1. The Morgan fingerprint density at radius 3 is 2.71 bits per heavy atom. The summed E-state index contributed by atoms with van der Waals surface area (Å²) in [4.78, 5) is 15.0. The molecule has 0 saturated carbocycles. The summed E-state index contributed by atoms with van der Waals surface area (Å²) in [7, 11) is 1.34. The minimum atomic E-state index is -0.415. The number of pyridine rings is 1. The van der Waals surface area contributed by atoms with Gasteiger partial charge in [-0.3, -0.25) is 0 Å². The van der Waals surface area contributed by atoms with Gasteiger partial charge in [0.25, 0.3) is 0 Å². The van der Waals surface area contributed by atoms with Crippen LogP contribution in [0.2, 0.25) is 0 Å². The molecule has 0 aliphatic carbocycles. The lowest BCUT2D eigenvalue weighted by molar-refractivity contribution is 0.0594. The SMILES string of the molecule is COC(=O)c1ccc(C2OC2C)cn1. The molecule has 0 N–H and O–H groups in total. The molecular formula is C10H11NO3. The molecule has 1 aromatic heterocycles. The Morgan fingerprint density at radius 2 is 2.29 bits per heavy atom. The Bertz CT molecular complexity index is 347. The van der Waals surface area contributed by atoms with Crippen molar-refractivity contribution >= 4 is 5.97 Å². The predicted octanol–water partition coefficient (Wildman–Crippen LogP) is 1.33. The molecule has 1 aliphatic rings. The molecule has 4 nitrogen and oxygen atoms in total. The van der Waals surface area contributed by atoms with Crippen LogP contribution in [0.4, 0.5) is 0 Å². The van der Waals surface area contributed by atoms with Crippen molar-refractivity contribution in [1.82, 2.24) is 4.98 Å². The Labute approximate surface area is 81.9 Å². The Hall–Kier alpha value is -1.42. The lowest BCUT2D eigenvalue weighted by atomic mass is 10.1. The second-order valence-corrected chi connectivity index (χ2v) is 3.23. The number of hydrogen-bond acceptors (Lipinski definition) is 4. The lowest BCUT2D eigenvalue weighted by Gasteiger charge is -1.98. The van der Waals surface area contributed by atoms with E-state index in [1.807, 2.05) is 13.0 Å². The number of methoxy groups -OCH3 is 1. The van der Waals surface area contributed by atoms with Crippen molar-refractivity contribution in [2.24, 2.45) is 0 Å². The van der Waals surface area contributed by atoms with E-state index < -0.39 is 5.97 Å². The maximum Gasteiger partial charge on any atom is 0.356 e. The number of esters is 1. The summed E-state index contributed by atoms with van der Waals surface area (Å²) in [6, 6.07) is 3.49. The minimum Gasteiger partial charge on any atom is -0.464 e. The number of carbonyl (C=O) groups excluding carboxylic acids is 1. The van der Waals surface area contributed by atoms with Gasteiger partial charge in [0.2, 0.25) is 0 Å². The lowest BCUT2D eigenvalue weighted by Crippen LogP contribution is -2.04. The van der Waals surface area contributed by atoms with Crippen molar-refractivity contribution in [3.8, 4) is 0 Å². The largest absolute Gasteiger partial charge is 0.464 e. The van der Waals surface area contributed by atoms with Gasteiger partial charge in [-0.2, -0.15) is 0 Å². The van der Waals surface area contributed by atoms with Gasteiger partial charge in [-0.05, 0) is 13.0 Å². The fraction of sp³-hybridized carbons (Fsp3) is 0.400. The van der Waals surface area contributed by atoms with Gasteiger partial charge in [-0.25, -0.2) is 9.78 Å². The molecule has 2 unspecified atom stereocenters. The first-order valence-corrected chi connectivity index (χ1v) is 4.42. The number of nitrogens with zero attached hydrogens (tertiary/aromatic N) is 1. The number of ether oxygens (including phenoxy) is 2. The molecular weight excluding hydrogens is 182 g/mol. The quantitative estimate of drug-likeness (QED) is 0.525. The van der Waals surface area contributed by atoms with Crippen LogP contribution in [0.3, 0.4) is 0 Å². The standard InChI is InChI=1S/C10H11NO3/c1-6-9(14-6)7-3-4-8(11-5-7)10(12)13-2/h3-6,9H,1-2H3. The third-order valence-corrected chi connectivity index (χ3v) is 2.22. The number of epoxide rings is 1. The van der Waals surface area contributed by atoms with Crippen LogP contribution in [-0.4, -0.2) is 24.2 Å². The normalized spacial score (nSPS) is 24.4. The maximum atomic E-state index is 11.1. The van der Waals surface area contributed by atoms with E-state index in [2.05, 4.69) is 9.72 Å². The molecule has 0 radical (unpaired) electrons. The highest BCUT2D eigenvalue weighted by Gasteiger charge is 2.35. The molecule has 1 aliphatic heterocycles. The van der Waals surface area contributed by atoms with Crippen LogP contribution in [-0.2, 0) is 9.47 Å². The number of carbonyl (C=O) groups is 1. The van der Waals surface area contributed by atoms with E-state index in [1.54, 1.807) is 12.3 Å². The number of aromatic nitrogens is 1. The number of hydrogen-bond donors (Lipinski definition) is 0. The van der Waals surface area contributed by atoms with Crippen molar-refractivity contribution in [3.63, 3.8) is 0 Å². The zero-order valence-corrected chi connectivity index (χ0v) is 8.06. The molecule has 2 heterocycles. The third kappa shape index (κ3) is 1.61. The molecule has 0 bridgehead atoms. The molecule has 0 amide bonds. The topological polar surface area (TPSA) is 51.7 Å². The highest BCUT2D eigenvalue weighted by atomic mass is 16.6. The molecule has 4 heteroatoms. The van der Waals surface area contributed by atoms with E-state index in [9.17, 15) is 4.79 Å². The van der Waals surface area contributed by atoms with Crippen LogP contribution in [0.15, 0.2) is 18.3 Å². The van der Waals surface area contributed by atoms with Gasteiger partial charge >= 0.3 is 5.97 Å². The van der Waals surface area contributed by atoms with Gasteiger partial charge in [0.1, 0.15) is 11.8 Å². The summed E-state index contributed by atoms with van der Waals surface area (Å²) in [5.74, 6) is -0.415. The molecule has 1 fully saturated rings. The van der Waals surface area contributed by atoms with E-state index in [-0.39, 0.29) is 12.2 Å². The molecule has 2 atom stereocenters. The predicted molar refractivity (Wildman–Crippen MR) is 48.9 cm³/mol. The van der Waals surface area contributed by atoms with E-state index in [0.717, 1.165) is 5.56 Å². The van der Waals surface area contributed by atoms with Crippen LogP contribution in [0, 0.1) is 0 Å². The first kappa shape index (κ1) is 9.15. The summed E-state index contributed by atoms with van der Waals surface area (Å²) in [6.07, 6.45) is 2.07. The van der Waals surface area contributed by atoms with E-state index in [4.69, 9.17) is 4.74 Å². The molecule has 0 spiro atoms. The van der Waals surface area contributed by atoms with Crippen LogP contribution in [0.1, 0.15) is 29.1 Å². The average molecular weight is 193 g/mol. The Balaban J connectivity index is 2.14. The van der Waals surface area contributed by atoms with Crippen LogP contribution in [0.5, 0.6) is 0 Å². The monoisotopic (exact) mass is 193 g/mol. The molecule has 1 saturated heterocycles. The minimum absolute atomic E-state index is 0.147. The van der Waals surface area contributed by atoms with Crippen LogP contribution >= 0.6 is 0 Å². The smallest absolute Gasteiger partial charge is 0.356 e. The zero-order valence-electron chi connectivity index (χ0n) is 8.06. The molecule has 14 heavy (non-hydrogen) atoms. The summed E-state index contributed by atoms with van der Waals surface area (Å²) in [6.45, 7) is 2.00. The van der Waals surface area contributed by atoms with Gasteiger partial charge in [0.05, 0.1) is 13.2 Å². The Kier molecular flexibility index (Phi) is 2.21. The van der Waals surface area contributed by atoms with Crippen molar-refractivity contribution in [1.29, 1.82) is 0 Å². The molecule has 74 valence electrons. The highest BCUT2D eigenvalue weighted by Crippen LogP contribution is 2.37. The van der Waals surface area contributed by atoms with Crippen molar-refractivity contribution < 1.29 is 14.3 Å². The summed E-state index contributed by atoms with van der Waals surface area (Å²) in [5.41, 5.74) is 1.33. The second kappa shape index (κ2) is 3.38. The first-order chi connectivity index (χ1) is 6.72. The Morgan fingerprint density at radius 1 is 1.57 bits per heavy atom. The molecule has 1 aromatic rings. The zero-order chi connectivity index (χ0) is 10.1. The van der Waals surface area contributed by atoms with E-state index in [0.29, 0.717) is 5.69 Å². The van der Waals surface area contributed by atoms with Crippen LogP contribution in [0.25, 0.3) is 0 Å². The van der Waals surface area contributed by atoms with Crippen molar-refractivity contribution in [2.75, 3.05) is 7.11 Å². The van der Waals surface area contributed by atoms with Gasteiger partial charge in [-0.1, -0.05) is 6.07 Å². The van der Waals surface area contributed by atoms with Crippen molar-refractivity contribution in [2.45, 2.75) is 19.1 Å². The fourth-order valence-electron chi connectivity index (χ4n) is 1.33. The first-order valence-electron chi connectivity index (χ1n) is 4.42. The van der Waals surface area contributed by atoms with Gasteiger partial charge in [-0.15, -0.1) is 0 Å². The fourth-order valence-corrected chi connectivity index (χ4v) is 1.33. The van der Waals surface area contributed by atoms with Crippen LogP contribution < -0.4 is 0 Å².